The third kappa shape index (κ3) is 1.90. The van der Waals surface area contributed by atoms with Crippen LogP contribution in [0.15, 0.2) is 40.9 Å². The summed E-state index contributed by atoms with van der Waals surface area (Å²) in [5.74, 6) is 0.360. The third-order valence-corrected chi connectivity index (χ3v) is 3.79. The Morgan fingerprint density at radius 1 is 1.26 bits per heavy atom. The predicted molar refractivity (Wildman–Crippen MR) is 78.2 cm³/mol. The summed E-state index contributed by atoms with van der Waals surface area (Å²) in [6, 6.07) is 10.4. The van der Waals surface area contributed by atoms with Gasteiger partial charge in [0.25, 0.3) is 0 Å². The van der Waals surface area contributed by atoms with E-state index < -0.39 is 0 Å². The molecule has 0 spiro atoms. The van der Waals surface area contributed by atoms with Crippen molar-refractivity contribution in [1.82, 2.24) is 9.55 Å². The minimum atomic E-state index is -0.320. The Hall–Kier alpha value is -1.88. The summed E-state index contributed by atoms with van der Waals surface area (Å²) < 4.78 is 16.5. The van der Waals surface area contributed by atoms with Gasteiger partial charge >= 0.3 is 0 Å². The van der Waals surface area contributed by atoms with Crippen molar-refractivity contribution >= 4 is 32.7 Å². The van der Waals surface area contributed by atoms with Crippen LogP contribution in [0.2, 0.25) is 0 Å². The molecular weight excluding hydrogens is 309 g/mol. The second-order valence-electron chi connectivity index (χ2n) is 4.34. The highest BCUT2D eigenvalue weighted by molar-refractivity contribution is 9.10. The molecule has 3 rings (SSSR count). The van der Waals surface area contributed by atoms with Crippen LogP contribution in [-0.2, 0) is 7.05 Å². The average molecular weight is 320 g/mol. The standard InChI is InChI=1S/C14H11BrFN3/c1-19-12-4-2-3-11(16)13(12)18-14(19)9-7-8(17)5-6-10(9)15/h2-7H,17H2,1H3. The lowest BCUT2D eigenvalue weighted by Gasteiger charge is -2.06. The maximum absolute atomic E-state index is 13.8. The molecule has 0 aliphatic carbocycles. The fourth-order valence-corrected chi connectivity index (χ4v) is 2.56. The molecule has 0 aliphatic rings. The highest BCUT2D eigenvalue weighted by atomic mass is 79.9. The van der Waals surface area contributed by atoms with E-state index in [1.54, 1.807) is 12.1 Å². The van der Waals surface area contributed by atoms with Crippen LogP contribution in [0.5, 0.6) is 0 Å². The summed E-state index contributed by atoms with van der Waals surface area (Å²) in [6.07, 6.45) is 0. The molecule has 5 heteroatoms. The number of rotatable bonds is 1. The van der Waals surface area contributed by atoms with Crippen LogP contribution >= 0.6 is 15.9 Å². The van der Waals surface area contributed by atoms with Crippen molar-refractivity contribution in [2.24, 2.45) is 7.05 Å². The molecule has 3 nitrogen and oxygen atoms in total. The molecule has 0 radical (unpaired) electrons. The van der Waals surface area contributed by atoms with Gasteiger partial charge in [0.1, 0.15) is 11.3 Å². The van der Waals surface area contributed by atoms with Gasteiger partial charge in [0.05, 0.1) is 5.52 Å². The van der Waals surface area contributed by atoms with Crippen molar-refractivity contribution in [3.05, 3.63) is 46.7 Å². The van der Waals surface area contributed by atoms with Crippen LogP contribution in [0, 0.1) is 5.82 Å². The highest BCUT2D eigenvalue weighted by Gasteiger charge is 2.14. The van der Waals surface area contributed by atoms with Gasteiger partial charge in [-0.1, -0.05) is 22.0 Å². The number of hydrogen-bond acceptors (Lipinski definition) is 2. The second kappa shape index (κ2) is 4.35. The van der Waals surface area contributed by atoms with Crippen molar-refractivity contribution < 1.29 is 4.39 Å². The largest absolute Gasteiger partial charge is 0.399 e. The van der Waals surface area contributed by atoms with E-state index >= 15 is 0 Å². The molecule has 0 unspecified atom stereocenters. The molecule has 19 heavy (non-hydrogen) atoms. The maximum Gasteiger partial charge on any atom is 0.151 e. The number of aryl methyl sites for hydroxylation is 1. The second-order valence-corrected chi connectivity index (χ2v) is 5.20. The van der Waals surface area contributed by atoms with Crippen molar-refractivity contribution in [3.63, 3.8) is 0 Å². The summed E-state index contributed by atoms with van der Waals surface area (Å²) in [4.78, 5) is 4.39. The van der Waals surface area contributed by atoms with Crippen LogP contribution in [0.1, 0.15) is 0 Å². The molecule has 96 valence electrons. The van der Waals surface area contributed by atoms with Gasteiger partial charge in [-0.2, -0.15) is 0 Å². The Labute approximate surface area is 118 Å². The first kappa shape index (κ1) is 12.2. The fraction of sp³-hybridized carbons (Fsp3) is 0.0714. The molecule has 0 saturated carbocycles. The molecule has 0 bridgehead atoms. The lowest BCUT2D eigenvalue weighted by atomic mass is 10.2. The van der Waals surface area contributed by atoms with Gasteiger partial charge in [-0.15, -0.1) is 0 Å². The maximum atomic E-state index is 13.8. The molecule has 3 aromatic rings. The Morgan fingerprint density at radius 2 is 2.05 bits per heavy atom. The third-order valence-electron chi connectivity index (χ3n) is 3.09. The first-order valence-corrected chi connectivity index (χ1v) is 6.53. The molecular formula is C14H11BrFN3. The van der Waals surface area contributed by atoms with Crippen molar-refractivity contribution in [2.45, 2.75) is 0 Å². The number of para-hydroxylation sites is 1. The van der Waals surface area contributed by atoms with E-state index in [1.165, 1.54) is 6.07 Å². The van der Waals surface area contributed by atoms with E-state index in [-0.39, 0.29) is 5.82 Å². The normalized spacial score (nSPS) is 11.1. The molecule has 1 heterocycles. The van der Waals surface area contributed by atoms with E-state index in [1.807, 2.05) is 29.8 Å². The molecule has 0 fully saturated rings. The Bertz CT molecular complexity index is 780. The van der Waals surface area contributed by atoms with E-state index in [0.717, 1.165) is 15.6 Å². The van der Waals surface area contributed by atoms with Gasteiger partial charge in [0, 0.05) is 22.8 Å². The van der Waals surface area contributed by atoms with E-state index in [2.05, 4.69) is 20.9 Å². The lowest BCUT2D eigenvalue weighted by Crippen LogP contribution is -1.94. The molecule has 0 atom stereocenters. The van der Waals surface area contributed by atoms with Crippen LogP contribution in [0.25, 0.3) is 22.4 Å². The number of halogens is 2. The summed E-state index contributed by atoms with van der Waals surface area (Å²) >= 11 is 3.47. The SMILES string of the molecule is Cn1c(-c2cc(N)ccc2Br)nc2c(F)cccc21. The van der Waals surface area contributed by atoms with Gasteiger partial charge in [0.15, 0.2) is 5.82 Å². The Morgan fingerprint density at radius 3 is 2.79 bits per heavy atom. The fourth-order valence-electron chi connectivity index (χ4n) is 2.14. The zero-order chi connectivity index (χ0) is 13.6. The zero-order valence-electron chi connectivity index (χ0n) is 10.2. The zero-order valence-corrected chi connectivity index (χ0v) is 11.8. The number of fused-ring (bicyclic) bond motifs is 1. The lowest BCUT2D eigenvalue weighted by molar-refractivity contribution is 0.637. The number of nitrogens with two attached hydrogens (primary N) is 1. The van der Waals surface area contributed by atoms with Gasteiger partial charge < -0.3 is 10.3 Å². The number of hydrogen-bond donors (Lipinski definition) is 1. The molecule has 0 amide bonds. The van der Waals surface area contributed by atoms with Crippen LogP contribution in [0.4, 0.5) is 10.1 Å². The number of nitrogens with zero attached hydrogens (tertiary/aromatic N) is 2. The predicted octanol–water partition coefficient (Wildman–Crippen LogP) is 3.72. The van der Waals surface area contributed by atoms with E-state index in [4.69, 9.17) is 5.73 Å². The molecule has 2 aromatic carbocycles. The van der Waals surface area contributed by atoms with Gasteiger partial charge in [-0.3, -0.25) is 0 Å². The first-order valence-electron chi connectivity index (χ1n) is 5.74. The van der Waals surface area contributed by atoms with E-state index in [0.29, 0.717) is 17.0 Å². The quantitative estimate of drug-likeness (QED) is 0.695. The number of aromatic nitrogens is 2. The first-order chi connectivity index (χ1) is 9.08. The van der Waals surface area contributed by atoms with Crippen LogP contribution < -0.4 is 5.73 Å². The Kier molecular flexibility index (Phi) is 2.78. The average Bonchev–Trinajstić information content (AvgIpc) is 2.72. The number of nitrogen functional groups attached to an aromatic ring is 1. The van der Waals surface area contributed by atoms with Crippen molar-refractivity contribution in [2.75, 3.05) is 5.73 Å². The minimum Gasteiger partial charge on any atom is -0.399 e. The summed E-state index contributed by atoms with van der Waals surface area (Å²) in [5, 5.41) is 0. The molecule has 2 N–H and O–H groups in total. The van der Waals surface area contributed by atoms with E-state index in [9.17, 15) is 4.39 Å². The number of imidazole rings is 1. The summed E-state index contributed by atoms with van der Waals surface area (Å²) in [7, 11) is 1.86. The minimum absolute atomic E-state index is 0.320. The number of benzene rings is 2. The topological polar surface area (TPSA) is 43.8 Å². The van der Waals surface area contributed by atoms with Crippen LogP contribution in [-0.4, -0.2) is 9.55 Å². The highest BCUT2D eigenvalue weighted by Crippen LogP contribution is 2.31. The van der Waals surface area contributed by atoms with Crippen molar-refractivity contribution in [3.8, 4) is 11.4 Å². The summed E-state index contributed by atoms with van der Waals surface area (Å²) in [5.41, 5.74) is 8.42. The molecule has 0 aliphatic heterocycles. The number of anilines is 1. The van der Waals surface area contributed by atoms with Gasteiger partial charge in [-0.25, -0.2) is 9.37 Å². The molecule has 0 saturated heterocycles. The Balaban J connectivity index is 2.34. The van der Waals surface area contributed by atoms with Crippen LogP contribution in [0.3, 0.4) is 0 Å². The summed E-state index contributed by atoms with van der Waals surface area (Å²) in [6.45, 7) is 0. The smallest absolute Gasteiger partial charge is 0.151 e. The van der Waals surface area contributed by atoms with Crippen molar-refractivity contribution in [1.29, 1.82) is 0 Å². The van der Waals surface area contributed by atoms with Gasteiger partial charge in [0.2, 0.25) is 0 Å². The molecule has 1 aromatic heterocycles. The monoisotopic (exact) mass is 319 g/mol. The van der Waals surface area contributed by atoms with Gasteiger partial charge in [-0.05, 0) is 30.3 Å².